The number of hydrogen-bond donors (Lipinski definition) is 2. The molecule has 5 heterocycles. The SMILES string of the molecule is COC(=O)c1c(-c2ccc(Oc3ccccc3)cc2)nc(C(CCO)C2CN(C(=O)OC(C)(C)C)C2)n1N.COC(=O)c1c(-c2ccc(Oc3ccccc3)cc2)nc2n1CCCC2C1CN(C(=O)OC(C)(C)C)C1.CS(=O)(=O)Cl. The van der Waals surface area contributed by atoms with Crippen LogP contribution in [0.25, 0.3) is 22.5 Å². The van der Waals surface area contributed by atoms with Crippen LogP contribution >= 0.6 is 10.7 Å². The van der Waals surface area contributed by atoms with Crippen LogP contribution in [0.3, 0.4) is 0 Å². The number of para-hydroxylation sites is 2. The lowest BCUT2D eigenvalue weighted by atomic mass is 9.81. The molecule has 2 fully saturated rings. The third-order valence-corrected chi connectivity index (χ3v) is 13.2. The van der Waals surface area contributed by atoms with Gasteiger partial charge in [-0.2, -0.15) is 0 Å². The summed E-state index contributed by atoms with van der Waals surface area (Å²) in [6, 6.07) is 33.8. The molecule has 3 aliphatic rings. The highest BCUT2D eigenvalue weighted by Gasteiger charge is 2.44. The molecule has 2 atom stereocenters. The Labute approximate surface area is 471 Å². The van der Waals surface area contributed by atoms with Crippen LogP contribution in [0, 0.1) is 11.8 Å². The summed E-state index contributed by atoms with van der Waals surface area (Å²) < 4.78 is 55.0. The Balaban J connectivity index is 0.000000213. The number of carbonyl (C=O) groups is 4. The number of ether oxygens (including phenoxy) is 6. The van der Waals surface area contributed by atoms with E-state index in [1.165, 1.54) is 18.9 Å². The van der Waals surface area contributed by atoms with Crippen LogP contribution in [-0.4, -0.2) is 131 Å². The van der Waals surface area contributed by atoms with Gasteiger partial charge in [0.1, 0.15) is 57.2 Å². The van der Waals surface area contributed by atoms with Crippen LogP contribution in [0.4, 0.5) is 9.59 Å². The van der Waals surface area contributed by atoms with Crippen molar-refractivity contribution in [3.05, 3.63) is 132 Å². The number of likely N-dealkylation sites (tertiary alicyclic amines) is 2. The minimum Gasteiger partial charge on any atom is -0.464 e. The van der Waals surface area contributed by atoms with E-state index in [0.717, 1.165) is 36.2 Å². The monoisotopic (exact) mass is 1140 g/mol. The Bertz CT molecular complexity index is 3190. The van der Waals surface area contributed by atoms with Crippen LogP contribution in [0.1, 0.15) is 105 Å². The number of halogens is 1. The molecule has 6 aromatic rings. The van der Waals surface area contributed by atoms with Gasteiger partial charge in [-0.15, -0.1) is 0 Å². The quantitative estimate of drug-likeness (QED) is 0.0472. The van der Waals surface area contributed by atoms with Crippen molar-refractivity contribution in [3.63, 3.8) is 0 Å². The first-order valence-electron chi connectivity index (χ1n) is 26.1. The fourth-order valence-corrected chi connectivity index (χ4v) is 9.55. The number of benzene rings is 4. The maximum atomic E-state index is 12.9. The van der Waals surface area contributed by atoms with Gasteiger partial charge in [0.25, 0.3) is 0 Å². The van der Waals surface area contributed by atoms with Crippen LogP contribution in [0.5, 0.6) is 23.0 Å². The molecule has 4 aromatic carbocycles. The summed E-state index contributed by atoms with van der Waals surface area (Å²) >= 11 is 0. The largest absolute Gasteiger partial charge is 0.464 e. The van der Waals surface area contributed by atoms with Crippen molar-refractivity contribution >= 4 is 43.9 Å². The topological polar surface area (TPSA) is 246 Å². The fraction of sp³-hybridized carbons (Fsp3) is 0.414. The van der Waals surface area contributed by atoms with Gasteiger partial charge in [0, 0.05) is 84.8 Å². The van der Waals surface area contributed by atoms with Crippen LogP contribution in [0.15, 0.2) is 109 Å². The van der Waals surface area contributed by atoms with Gasteiger partial charge in [-0.3, -0.25) is 0 Å². The van der Waals surface area contributed by atoms with Gasteiger partial charge in [-0.25, -0.2) is 42.2 Å². The Hall–Kier alpha value is -7.62. The first-order valence-corrected chi connectivity index (χ1v) is 28.8. The zero-order valence-electron chi connectivity index (χ0n) is 46.5. The number of amides is 2. The lowest BCUT2D eigenvalue weighted by Crippen LogP contribution is -2.54. The second kappa shape index (κ2) is 25.7. The summed E-state index contributed by atoms with van der Waals surface area (Å²) in [6.07, 6.45) is 2.52. The van der Waals surface area contributed by atoms with Crippen LogP contribution in [0.2, 0.25) is 0 Å². The van der Waals surface area contributed by atoms with E-state index in [1.54, 1.807) is 34.1 Å². The van der Waals surface area contributed by atoms with Crippen molar-refractivity contribution in [2.24, 2.45) is 11.8 Å². The second-order valence-electron chi connectivity index (χ2n) is 21.6. The number of rotatable bonds is 13. The lowest BCUT2D eigenvalue weighted by molar-refractivity contribution is -0.00777. The Kier molecular flexibility index (Phi) is 19.3. The first-order chi connectivity index (χ1) is 37.8. The number of aliphatic hydroxyl groups is 1. The summed E-state index contributed by atoms with van der Waals surface area (Å²) in [5.74, 6) is 9.63. The van der Waals surface area contributed by atoms with Gasteiger partial charge in [-0.05, 0) is 134 Å². The van der Waals surface area contributed by atoms with Crippen molar-refractivity contribution < 1.29 is 61.1 Å². The van der Waals surface area contributed by atoms with Gasteiger partial charge in [0.15, 0.2) is 11.4 Å². The molecule has 0 spiro atoms. The lowest BCUT2D eigenvalue weighted by Gasteiger charge is -2.44. The number of methoxy groups -OCH3 is 2. The first kappa shape index (κ1) is 60.0. The number of aromatic nitrogens is 4. The molecule has 3 aliphatic heterocycles. The zero-order valence-corrected chi connectivity index (χ0v) is 48.0. The fourth-order valence-electron chi connectivity index (χ4n) is 9.55. The Morgan fingerprint density at radius 2 is 1.10 bits per heavy atom. The highest BCUT2D eigenvalue weighted by atomic mass is 35.7. The summed E-state index contributed by atoms with van der Waals surface area (Å²) in [7, 11) is 3.99. The molecule has 9 rings (SSSR count). The van der Waals surface area contributed by atoms with Crippen molar-refractivity contribution in [2.75, 3.05) is 59.1 Å². The van der Waals surface area contributed by atoms with Gasteiger partial charge >= 0.3 is 24.1 Å². The smallest absolute Gasteiger partial charge is 0.410 e. The molecule has 0 saturated carbocycles. The van der Waals surface area contributed by atoms with Crippen molar-refractivity contribution in [1.29, 1.82) is 0 Å². The van der Waals surface area contributed by atoms with Crippen LogP contribution in [-0.2, 0) is 34.5 Å². The van der Waals surface area contributed by atoms with E-state index in [2.05, 4.69) is 10.7 Å². The molecule has 0 bridgehead atoms. The van der Waals surface area contributed by atoms with E-state index in [1.807, 2.05) is 131 Å². The van der Waals surface area contributed by atoms with Crippen molar-refractivity contribution in [1.82, 2.24) is 29.0 Å². The molecule has 80 heavy (non-hydrogen) atoms. The molecular weight excluding hydrogens is 1070 g/mol. The molecule has 0 radical (unpaired) electrons. The molecule has 0 aliphatic carbocycles. The summed E-state index contributed by atoms with van der Waals surface area (Å²) in [4.78, 5) is 63.6. The average molecular weight is 1140 g/mol. The van der Waals surface area contributed by atoms with E-state index in [4.69, 9.17) is 44.2 Å². The molecule has 3 N–H and O–H groups in total. The predicted molar refractivity (Wildman–Crippen MR) is 301 cm³/mol. The molecule has 2 unspecified atom stereocenters. The van der Waals surface area contributed by atoms with Gasteiger partial charge in [0.2, 0.25) is 9.05 Å². The summed E-state index contributed by atoms with van der Waals surface area (Å²) in [5.41, 5.74) is 1.93. The average Bonchev–Trinajstić information content (AvgIpc) is 3.97. The third-order valence-electron chi connectivity index (χ3n) is 13.2. The summed E-state index contributed by atoms with van der Waals surface area (Å²) in [5, 5.41) is 9.80. The Morgan fingerprint density at radius 1 is 0.675 bits per heavy atom. The third kappa shape index (κ3) is 15.6. The maximum absolute atomic E-state index is 12.9. The predicted octanol–water partition coefficient (Wildman–Crippen LogP) is 10.2. The zero-order chi connectivity index (χ0) is 58.1. The number of nitrogens with two attached hydrogens (primary N) is 1. The number of esters is 2. The van der Waals surface area contributed by atoms with Gasteiger partial charge in [0.05, 0.1) is 20.5 Å². The number of aliphatic hydroxyl groups excluding tert-OH is 1. The van der Waals surface area contributed by atoms with Crippen molar-refractivity contribution in [3.8, 4) is 45.5 Å². The van der Waals surface area contributed by atoms with E-state index < -0.39 is 32.2 Å². The molecule has 22 heteroatoms. The maximum Gasteiger partial charge on any atom is 0.410 e. The second-order valence-corrected chi connectivity index (χ2v) is 24.6. The number of imidazole rings is 2. The number of nitrogen functional groups attached to an aromatic ring is 1. The molecule has 2 amide bonds. The molecule has 2 aromatic heterocycles. The van der Waals surface area contributed by atoms with E-state index >= 15 is 0 Å². The highest BCUT2D eigenvalue weighted by Crippen LogP contribution is 2.42. The number of fused-ring (bicyclic) bond motifs is 1. The number of hydrogen-bond acceptors (Lipinski definition) is 16. The number of nitrogens with zero attached hydrogens (tertiary/aromatic N) is 6. The van der Waals surface area contributed by atoms with E-state index in [-0.39, 0.29) is 48.2 Å². The molecule has 2 saturated heterocycles. The van der Waals surface area contributed by atoms with Crippen molar-refractivity contribution in [2.45, 2.75) is 90.4 Å². The highest BCUT2D eigenvalue weighted by molar-refractivity contribution is 8.13. The Morgan fingerprint density at radius 3 is 1.54 bits per heavy atom. The molecule has 428 valence electrons. The normalized spacial score (nSPS) is 15.7. The minimum atomic E-state index is -3.19. The van der Waals surface area contributed by atoms with E-state index in [9.17, 15) is 32.7 Å². The molecular formula is C58H70ClN7O13S. The molecule has 20 nitrogen and oxygen atoms in total. The standard InChI is InChI=1S/C29H33N3O5.C28H34N4O6.CH3ClO2S/c1-29(2,3)37-28(34)31-17-20(18-31)23-11-8-16-32-25(27(33)35-4)24(30-26(23)32)19-12-14-22(15-13-19)36-21-9-6-5-7-10-21;1-28(2,3)38-27(35)31-16-19(17-31)22(14-15-33)25-30-23(24(32(25)29)26(34)36-4)18-10-12-21(13-11-18)37-20-8-6-5-7-9-20;1-5(2,3)4/h5-7,9-10,12-15,20,23H,8,11,16-18H2,1-4H3;5-13,19,22,33H,14-17,29H2,1-4H3;1H3. The number of carbonyl (C=O) groups excluding carboxylic acids is 4. The van der Waals surface area contributed by atoms with Gasteiger partial charge < -0.3 is 53.7 Å². The van der Waals surface area contributed by atoms with E-state index in [0.29, 0.717) is 84.9 Å². The van der Waals surface area contributed by atoms with Crippen LogP contribution < -0.4 is 15.3 Å². The summed E-state index contributed by atoms with van der Waals surface area (Å²) in [6.45, 7) is 13.8. The minimum absolute atomic E-state index is 0.0145. The van der Waals surface area contributed by atoms with Gasteiger partial charge in [-0.1, -0.05) is 36.4 Å².